The van der Waals surface area contributed by atoms with E-state index in [4.69, 9.17) is 5.11 Å². The quantitative estimate of drug-likeness (QED) is 0.787. The molecule has 2 amide bonds. The minimum absolute atomic E-state index is 0.0123. The molecule has 1 aromatic carbocycles. The number of carbonyl (C=O) groups is 2. The summed E-state index contributed by atoms with van der Waals surface area (Å²) in [6.07, 6.45) is 0. The number of rotatable bonds is 5. The fourth-order valence-corrected chi connectivity index (χ4v) is 1.92. The number of nitrogens with zero attached hydrogens (tertiary/aromatic N) is 1. The van der Waals surface area contributed by atoms with Gasteiger partial charge in [-0.25, -0.2) is 13.6 Å². The van der Waals surface area contributed by atoms with E-state index in [9.17, 15) is 18.4 Å². The first-order valence-electron chi connectivity index (χ1n) is 6.19. The molecule has 0 aliphatic heterocycles. The Morgan fingerprint density at radius 3 is 2.52 bits per heavy atom. The molecule has 8 heteroatoms. The molecule has 116 valence electrons. The van der Waals surface area contributed by atoms with Gasteiger partial charge in [0, 0.05) is 19.2 Å². The Balaban J connectivity index is 2.83. The lowest BCUT2D eigenvalue weighted by atomic mass is 10.2. The summed E-state index contributed by atoms with van der Waals surface area (Å²) in [5, 5.41) is 11.1. The highest BCUT2D eigenvalue weighted by Gasteiger charge is 2.20. The molecule has 0 spiro atoms. The molecule has 0 heterocycles. The average Bonchev–Trinajstić information content (AvgIpc) is 2.41. The smallest absolute Gasteiger partial charge is 0.321 e. The molecule has 5 nitrogen and oxygen atoms in total. The van der Waals surface area contributed by atoms with E-state index in [1.165, 1.54) is 11.8 Å². The van der Waals surface area contributed by atoms with Crippen LogP contribution in [-0.2, 0) is 4.79 Å². The van der Waals surface area contributed by atoms with Crippen LogP contribution in [0.5, 0.6) is 0 Å². The number of anilines is 1. The highest BCUT2D eigenvalue weighted by molar-refractivity contribution is 9.10. The van der Waals surface area contributed by atoms with E-state index in [2.05, 4.69) is 21.2 Å². The summed E-state index contributed by atoms with van der Waals surface area (Å²) in [4.78, 5) is 24.0. The molecule has 0 aliphatic carbocycles. The first-order chi connectivity index (χ1) is 9.76. The van der Waals surface area contributed by atoms with Gasteiger partial charge in [-0.15, -0.1) is 0 Å². The number of urea groups is 1. The molecular weight excluding hydrogens is 350 g/mol. The first-order valence-corrected chi connectivity index (χ1v) is 6.98. The van der Waals surface area contributed by atoms with Gasteiger partial charge in [-0.2, -0.15) is 0 Å². The second kappa shape index (κ2) is 7.35. The molecule has 0 aliphatic rings. The molecule has 1 rings (SSSR count). The number of carbonyl (C=O) groups excluding carboxylic acids is 1. The van der Waals surface area contributed by atoms with Gasteiger partial charge in [0.1, 0.15) is 11.6 Å². The summed E-state index contributed by atoms with van der Waals surface area (Å²) in [6, 6.07) is 1.11. The fraction of sp³-hybridized carbons (Fsp3) is 0.385. The molecule has 0 saturated heterocycles. The van der Waals surface area contributed by atoms with Crippen molar-refractivity contribution < 1.29 is 23.5 Å². The number of amides is 2. The third-order valence-corrected chi connectivity index (χ3v) is 3.44. The van der Waals surface area contributed by atoms with Crippen molar-refractivity contribution in [3.63, 3.8) is 0 Å². The maximum atomic E-state index is 13.6. The van der Waals surface area contributed by atoms with Crippen LogP contribution in [0.4, 0.5) is 19.3 Å². The largest absolute Gasteiger partial charge is 0.481 e. The van der Waals surface area contributed by atoms with Gasteiger partial charge in [-0.05, 0) is 28.9 Å². The maximum absolute atomic E-state index is 13.6. The van der Waals surface area contributed by atoms with Crippen molar-refractivity contribution >= 4 is 33.6 Å². The summed E-state index contributed by atoms with van der Waals surface area (Å²) < 4.78 is 26.7. The predicted molar refractivity (Wildman–Crippen MR) is 77.1 cm³/mol. The number of nitrogens with one attached hydrogen (secondary N) is 1. The molecule has 0 radical (unpaired) electrons. The van der Waals surface area contributed by atoms with Gasteiger partial charge in [0.05, 0.1) is 16.1 Å². The Hall–Kier alpha value is -1.70. The Labute approximate surface area is 129 Å². The summed E-state index contributed by atoms with van der Waals surface area (Å²) in [6.45, 7) is 3.38. The van der Waals surface area contributed by atoms with Crippen molar-refractivity contribution in [1.29, 1.82) is 0 Å². The second-order valence-corrected chi connectivity index (χ2v) is 5.31. The molecule has 0 saturated carbocycles. The number of halogens is 3. The van der Waals surface area contributed by atoms with Crippen molar-refractivity contribution in [2.45, 2.75) is 13.8 Å². The van der Waals surface area contributed by atoms with Crippen LogP contribution in [-0.4, -0.2) is 35.1 Å². The third kappa shape index (κ3) is 4.66. The summed E-state index contributed by atoms with van der Waals surface area (Å²) in [7, 11) is 0. The summed E-state index contributed by atoms with van der Waals surface area (Å²) >= 11 is 2.90. The lowest BCUT2D eigenvalue weighted by Gasteiger charge is -2.23. The Bertz CT molecular complexity index is 554. The Morgan fingerprint density at radius 1 is 1.38 bits per heavy atom. The van der Waals surface area contributed by atoms with E-state index in [0.717, 1.165) is 6.07 Å². The van der Waals surface area contributed by atoms with Gasteiger partial charge >= 0.3 is 12.0 Å². The average molecular weight is 365 g/mol. The lowest BCUT2D eigenvalue weighted by Crippen LogP contribution is -2.39. The second-order valence-electron chi connectivity index (χ2n) is 4.45. The van der Waals surface area contributed by atoms with Crippen LogP contribution < -0.4 is 5.32 Å². The molecule has 21 heavy (non-hydrogen) atoms. The highest BCUT2D eigenvalue weighted by atomic mass is 79.9. The van der Waals surface area contributed by atoms with Crippen molar-refractivity contribution in [2.75, 3.05) is 18.4 Å². The Morgan fingerprint density at radius 2 is 2.00 bits per heavy atom. The van der Waals surface area contributed by atoms with Crippen LogP contribution in [0.15, 0.2) is 16.6 Å². The molecule has 1 aromatic rings. The predicted octanol–water partition coefficient (Wildman–Crippen LogP) is 3.30. The minimum atomic E-state index is -1.03. The van der Waals surface area contributed by atoms with Gasteiger partial charge < -0.3 is 15.3 Å². The molecule has 0 aromatic heterocycles. The number of benzene rings is 1. The van der Waals surface area contributed by atoms with Gasteiger partial charge in [0.15, 0.2) is 0 Å². The van der Waals surface area contributed by atoms with Gasteiger partial charge in [0.25, 0.3) is 0 Å². The number of hydrogen-bond acceptors (Lipinski definition) is 2. The van der Waals surface area contributed by atoms with E-state index in [1.807, 2.05) is 0 Å². The molecule has 2 N–H and O–H groups in total. The van der Waals surface area contributed by atoms with Crippen LogP contribution in [0, 0.1) is 17.6 Å². The van der Waals surface area contributed by atoms with Crippen LogP contribution in [0.1, 0.15) is 13.8 Å². The summed E-state index contributed by atoms with van der Waals surface area (Å²) in [5.41, 5.74) is -0.185. The number of carboxylic acid groups (broad SMARTS) is 1. The van der Waals surface area contributed by atoms with Crippen LogP contribution >= 0.6 is 15.9 Å². The highest BCUT2D eigenvalue weighted by Crippen LogP contribution is 2.24. The van der Waals surface area contributed by atoms with Gasteiger partial charge in [-0.1, -0.05) is 6.92 Å². The van der Waals surface area contributed by atoms with E-state index in [-0.39, 0.29) is 23.2 Å². The standard InChI is InChI=1S/C13H15BrF2N2O3/c1-3-18(6-7(2)12(19)20)13(21)17-11-4-8(14)9(15)5-10(11)16/h4-5,7H,3,6H2,1-2H3,(H,17,21)(H,19,20). The number of hydrogen-bond donors (Lipinski definition) is 2. The molecule has 0 bridgehead atoms. The monoisotopic (exact) mass is 364 g/mol. The zero-order valence-electron chi connectivity index (χ0n) is 11.5. The van der Waals surface area contributed by atoms with E-state index >= 15 is 0 Å². The Kier molecular flexibility index (Phi) is 6.07. The van der Waals surface area contributed by atoms with E-state index < -0.39 is 29.6 Å². The SMILES string of the molecule is CCN(CC(C)C(=O)O)C(=O)Nc1cc(Br)c(F)cc1F. The number of aliphatic carboxylic acids is 1. The maximum Gasteiger partial charge on any atom is 0.321 e. The molecule has 0 fully saturated rings. The zero-order valence-corrected chi connectivity index (χ0v) is 13.1. The lowest BCUT2D eigenvalue weighted by molar-refractivity contribution is -0.141. The van der Waals surface area contributed by atoms with Crippen molar-refractivity contribution in [1.82, 2.24) is 4.90 Å². The first kappa shape index (κ1) is 17.4. The minimum Gasteiger partial charge on any atom is -0.481 e. The third-order valence-electron chi connectivity index (χ3n) is 2.84. The fourth-order valence-electron chi connectivity index (χ4n) is 1.58. The van der Waals surface area contributed by atoms with Crippen LogP contribution in [0.25, 0.3) is 0 Å². The topological polar surface area (TPSA) is 69.6 Å². The normalized spacial score (nSPS) is 11.9. The molecule has 1 unspecified atom stereocenters. The molecule has 1 atom stereocenters. The van der Waals surface area contributed by atoms with Crippen molar-refractivity contribution in [2.24, 2.45) is 5.92 Å². The van der Waals surface area contributed by atoms with Crippen molar-refractivity contribution in [3.8, 4) is 0 Å². The van der Waals surface area contributed by atoms with Crippen LogP contribution in [0.2, 0.25) is 0 Å². The number of carboxylic acids is 1. The van der Waals surface area contributed by atoms with Gasteiger partial charge in [-0.3, -0.25) is 4.79 Å². The van der Waals surface area contributed by atoms with Gasteiger partial charge in [0.2, 0.25) is 0 Å². The van der Waals surface area contributed by atoms with Crippen molar-refractivity contribution in [3.05, 3.63) is 28.2 Å². The summed E-state index contributed by atoms with van der Waals surface area (Å²) in [5.74, 6) is -3.47. The molecular formula is C13H15BrF2N2O3. The van der Waals surface area contributed by atoms with E-state index in [0.29, 0.717) is 6.07 Å². The van der Waals surface area contributed by atoms with Crippen LogP contribution in [0.3, 0.4) is 0 Å². The zero-order chi connectivity index (χ0) is 16.2. The van der Waals surface area contributed by atoms with E-state index in [1.54, 1.807) is 6.92 Å².